The zero-order chi connectivity index (χ0) is 13.2. The van der Waals surface area contributed by atoms with Gasteiger partial charge in [0.2, 0.25) is 0 Å². The van der Waals surface area contributed by atoms with E-state index in [1.54, 1.807) is 0 Å². The van der Waals surface area contributed by atoms with Crippen molar-refractivity contribution in [3.63, 3.8) is 0 Å². The molecule has 0 radical (unpaired) electrons. The molecule has 1 aliphatic heterocycles. The van der Waals surface area contributed by atoms with Gasteiger partial charge in [0, 0.05) is 23.8 Å². The van der Waals surface area contributed by atoms with Crippen LogP contribution in [0.1, 0.15) is 26.7 Å². The van der Waals surface area contributed by atoms with Gasteiger partial charge in [0.1, 0.15) is 0 Å². The molecule has 1 unspecified atom stereocenters. The van der Waals surface area contributed by atoms with Crippen LogP contribution in [0.5, 0.6) is 0 Å². The third-order valence-corrected chi connectivity index (χ3v) is 4.37. The molecule has 1 aromatic carbocycles. The van der Waals surface area contributed by atoms with Gasteiger partial charge in [-0.15, -0.1) is 0 Å². The largest absolute Gasteiger partial charge is 0.371 e. The van der Waals surface area contributed by atoms with Crippen LogP contribution in [0.4, 0.5) is 5.69 Å². The van der Waals surface area contributed by atoms with E-state index in [0.29, 0.717) is 5.41 Å². The lowest BCUT2D eigenvalue weighted by Crippen LogP contribution is -2.46. The molecule has 1 atom stereocenters. The number of nitrogens with two attached hydrogens (primary N) is 1. The molecule has 2 nitrogen and oxygen atoms in total. The molecule has 1 saturated heterocycles. The van der Waals surface area contributed by atoms with Crippen molar-refractivity contribution >= 4 is 17.3 Å². The SMILES string of the molecule is CC1(C)CN(c2cccc(Cl)c2)CCC1CCN. The van der Waals surface area contributed by atoms with E-state index in [4.69, 9.17) is 17.3 Å². The van der Waals surface area contributed by atoms with E-state index in [9.17, 15) is 0 Å². The Hall–Kier alpha value is -0.730. The molecule has 0 amide bonds. The minimum absolute atomic E-state index is 0.319. The Bertz CT molecular complexity index is 403. The van der Waals surface area contributed by atoms with E-state index < -0.39 is 0 Å². The van der Waals surface area contributed by atoms with Crippen molar-refractivity contribution in [3.8, 4) is 0 Å². The Morgan fingerprint density at radius 1 is 1.44 bits per heavy atom. The van der Waals surface area contributed by atoms with E-state index >= 15 is 0 Å². The molecule has 2 N–H and O–H groups in total. The van der Waals surface area contributed by atoms with Gasteiger partial charge < -0.3 is 10.6 Å². The fourth-order valence-corrected chi connectivity index (χ4v) is 3.22. The molecule has 1 aromatic rings. The normalized spacial score (nSPS) is 23.1. The summed E-state index contributed by atoms with van der Waals surface area (Å²) in [4.78, 5) is 2.44. The third kappa shape index (κ3) is 2.99. The highest BCUT2D eigenvalue weighted by Crippen LogP contribution is 2.38. The number of nitrogens with zero attached hydrogens (tertiary/aromatic N) is 1. The van der Waals surface area contributed by atoms with Gasteiger partial charge in [0.15, 0.2) is 0 Å². The van der Waals surface area contributed by atoms with Crippen LogP contribution in [0.3, 0.4) is 0 Å². The van der Waals surface area contributed by atoms with E-state index in [-0.39, 0.29) is 0 Å². The van der Waals surface area contributed by atoms with Gasteiger partial charge in [0.25, 0.3) is 0 Å². The lowest BCUT2D eigenvalue weighted by molar-refractivity contribution is 0.167. The number of piperidine rings is 1. The van der Waals surface area contributed by atoms with Crippen LogP contribution in [0.2, 0.25) is 5.02 Å². The molecule has 0 bridgehead atoms. The Kier molecular flexibility index (Phi) is 4.18. The van der Waals surface area contributed by atoms with Crippen LogP contribution >= 0.6 is 11.6 Å². The van der Waals surface area contributed by atoms with Crippen molar-refractivity contribution in [2.75, 3.05) is 24.5 Å². The lowest BCUT2D eigenvalue weighted by Gasteiger charge is -2.45. The van der Waals surface area contributed by atoms with Crippen molar-refractivity contribution < 1.29 is 0 Å². The van der Waals surface area contributed by atoms with Gasteiger partial charge in [-0.05, 0) is 48.9 Å². The summed E-state index contributed by atoms with van der Waals surface area (Å²) >= 11 is 6.07. The van der Waals surface area contributed by atoms with Gasteiger partial charge in [0.05, 0.1) is 0 Å². The number of hydrogen-bond donors (Lipinski definition) is 1. The van der Waals surface area contributed by atoms with Crippen molar-refractivity contribution in [1.82, 2.24) is 0 Å². The van der Waals surface area contributed by atoms with Gasteiger partial charge in [-0.3, -0.25) is 0 Å². The number of anilines is 1. The number of halogens is 1. The monoisotopic (exact) mass is 266 g/mol. The topological polar surface area (TPSA) is 29.3 Å². The highest BCUT2D eigenvalue weighted by Gasteiger charge is 2.35. The van der Waals surface area contributed by atoms with Crippen molar-refractivity contribution in [2.45, 2.75) is 26.7 Å². The van der Waals surface area contributed by atoms with Gasteiger partial charge in [-0.2, -0.15) is 0 Å². The quantitative estimate of drug-likeness (QED) is 0.907. The Morgan fingerprint density at radius 3 is 2.83 bits per heavy atom. The second-order valence-electron chi connectivity index (χ2n) is 5.95. The fourth-order valence-electron chi connectivity index (χ4n) is 3.03. The van der Waals surface area contributed by atoms with E-state index in [0.717, 1.165) is 37.0 Å². The number of benzene rings is 1. The number of hydrogen-bond acceptors (Lipinski definition) is 2. The molecular weight excluding hydrogens is 244 g/mol. The molecule has 3 heteroatoms. The Labute approximate surface area is 115 Å². The van der Waals surface area contributed by atoms with Crippen molar-refractivity contribution in [2.24, 2.45) is 17.1 Å². The first-order valence-corrected chi connectivity index (χ1v) is 7.11. The lowest BCUT2D eigenvalue weighted by atomic mass is 9.72. The van der Waals surface area contributed by atoms with E-state index in [2.05, 4.69) is 30.9 Å². The summed E-state index contributed by atoms with van der Waals surface area (Å²) < 4.78 is 0. The van der Waals surface area contributed by atoms with E-state index in [1.165, 1.54) is 12.1 Å². The standard InChI is InChI=1S/C15H23ClN2/c1-15(2)11-18(9-7-12(15)6-8-17)14-5-3-4-13(16)10-14/h3-5,10,12H,6-9,11,17H2,1-2H3. The third-order valence-electron chi connectivity index (χ3n) is 4.14. The first-order valence-electron chi connectivity index (χ1n) is 6.73. The summed E-state index contributed by atoms with van der Waals surface area (Å²) in [5, 5.41) is 0.814. The average Bonchev–Trinajstić information content (AvgIpc) is 2.31. The zero-order valence-corrected chi connectivity index (χ0v) is 12.1. The van der Waals surface area contributed by atoms with Crippen LogP contribution < -0.4 is 10.6 Å². The maximum atomic E-state index is 6.07. The van der Waals surface area contributed by atoms with Crippen LogP contribution in [0.15, 0.2) is 24.3 Å². The molecule has 1 fully saturated rings. The second-order valence-corrected chi connectivity index (χ2v) is 6.39. The maximum absolute atomic E-state index is 6.07. The molecule has 2 rings (SSSR count). The summed E-state index contributed by atoms with van der Waals surface area (Å²) in [5.41, 5.74) is 7.27. The van der Waals surface area contributed by atoms with Crippen molar-refractivity contribution in [3.05, 3.63) is 29.3 Å². The van der Waals surface area contributed by atoms with Gasteiger partial charge in [-0.1, -0.05) is 31.5 Å². The predicted octanol–water partition coefficient (Wildman–Crippen LogP) is 3.54. The molecule has 0 spiro atoms. The summed E-state index contributed by atoms with van der Waals surface area (Å²) in [6, 6.07) is 8.15. The fraction of sp³-hybridized carbons (Fsp3) is 0.600. The minimum atomic E-state index is 0.319. The summed E-state index contributed by atoms with van der Waals surface area (Å²) in [6.45, 7) is 7.69. The van der Waals surface area contributed by atoms with Crippen molar-refractivity contribution in [1.29, 1.82) is 0 Å². The van der Waals surface area contributed by atoms with Crippen LogP contribution in [-0.4, -0.2) is 19.6 Å². The Morgan fingerprint density at radius 2 is 2.22 bits per heavy atom. The molecule has 18 heavy (non-hydrogen) atoms. The molecule has 100 valence electrons. The first kappa shape index (κ1) is 13.7. The van der Waals surface area contributed by atoms with Crippen LogP contribution in [0.25, 0.3) is 0 Å². The smallest absolute Gasteiger partial charge is 0.0426 e. The molecule has 1 aliphatic rings. The minimum Gasteiger partial charge on any atom is -0.371 e. The van der Waals surface area contributed by atoms with E-state index in [1.807, 2.05) is 12.1 Å². The Balaban J connectivity index is 2.11. The second kappa shape index (κ2) is 5.50. The molecule has 0 saturated carbocycles. The van der Waals surface area contributed by atoms with Crippen LogP contribution in [0, 0.1) is 11.3 Å². The molecule has 1 heterocycles. The molecular formula is C15H23ClN2. The molecule has 0 aromatic heterocycles. The zero-order valence-electron chi connectivity index (χ0n) is 11.3. The summed E-state index contributed by atoms with van der Waals surface area (Å²) in [6.07, 6.45) is 2.35. The van der Waals surface area contributed by atoms with Gasteiger partial charge in [-0.25, -0.2) is 0 Å². The number of rotatable bonds is 3. The highest BCUT2D eigenvalue weighted by molar-refractivity contribution is 6.30. The first-order chi connectivity index (χ1) is 8.53. The predicted molar refractivity (Wildman–Crippen MR) is 79.2 cm³/mol. The highest BCUT2D eigenvalue weighted by atomic mass is 35.5. The summed E-state index contributed by atoms with van der Waals surface area (Å²) in [5.74, 6) is 0.734. The van der Waals surface area contributed by atoms with Crippen LogP contribution in [-0.2, 0) is 0 Å². The average molecular weight is 267 g/mol. The summed E-state index contributed by atoms with van der Waals surface area (Å²) in [7, 11) is 0. The van der Waals surface area contributed by atoms with Gasteiger partial charge >= 0.3 is 0 Å². The molecule has 0 aliphatic carbocycles. The maximum Gasteiger partial charge on any atom is 0.0426 e.